The largest absolute Gasteiger partial charge is 0.396 e. The van der Waals surface area contributed by atoms with Gasteiger partial charge in [-0.1, -0.05) is 0 Å². The molecule has 0 bridgehead atoms. The summed E-state index contributed by atoms with van der Waals surface area (Å²) in [7, 11) is 2.16. The van der Waals surface area contributed by atoms with Crippen molar-refractivity contribution in [2.45, 2.75) is 38.3 Å². The smallest absolute Gasteiger partial charge is 0.0446 e. The average molecular weight is 186 g/mol. The molecule has 1 fully saturated rings. The van der Waals surface area contributed by atoms with Gasteiger partial charge in [-0.05, 0) is 40.3 Å². The van der Waals surface area contributed by atoms with Crippen LogP contribution in [0.15, 0.2) is 0 Å². The molecule has 0 aromatic heterocycles. The number of nitrogens with one attached hydrogen (secondary N) is 1. The Balaban J connectivity index is 2.50. The fourth-order valence-electron chi connectivity index (χ4n) is 1.76. The van der Waals surface area contributed by atoms with Crippen LogP contribution in [0.25, 0.3) is 0 Å². The first-order valence-corrected chi connectivity index (χ1v) is 5.12. The van der Waals surface area contributed by atoms with E-state index in [0.717, 1.165) is 19.5 Å². The lowest BCUT2D eigenvalue weighted by Gasteiger charge is -2.34. The van der Waals surface area contributed by atoms with E-state index in [9.17, 15) is 0 Å². The molecule has 0 saturated carbocycles. The SMILES string of the molecule is CN1CC(CCO)NCCC1(C)C. The molecule has 1 saturated heterocycles. The monoisotopic (exact) mass is 186 g/mol. The minimum Gasteiger partial charge on any atom is -0.396 e. The lowest BCUT2D eigenvalue weighted by molar-refractivity contribution is 0.149. The molecule has 0 aliphatic carbocycles. The summed E-state index contributed by atoms with van der Waals surface area (Å²) < 4.78 is 0. The summed E-state index contributed by atoms with van der Waals surface area (Å²) in [5.41, 5.74) is 0.289. The van der Waals surface area contributed by atoms with Crippen LogP contribution in [0, 0.1) is 0 Å². The van der Waals surface area contributed by atoms with Gasteiger partial charge >= 0.3 is 0 Å². The van der Waals surface area contributed by atoms with Gasteiger partial charge in [-0.25, -0.2) is 0 Å². The minimum absolute atomic E-state index is 0.284. The summed E-state index contributed by atoms with van der Waals surface area (Å²) in [4.78, 5) is 2.38. The van der Waals surface area contributed by atoms with E-state index in [0.29, 0.717) is 6.04 Å². The van der Waals surface area contributed by atoms with Crippen molar-refractivity contribution in [2.75, 3.05) is 26.7 Å². The highest BCUT2D eigenvalue weighted by Gasteiger charge is 2.28. The first-order valence-electron chi connectivity index (χ1n) is 5.12. The van der Waals surface area contributed by atoms with Crippen LogP contribution in [0.1, 0.15) is 26.7 Å². The normalized spacial score (nSPS) is 30.0. The van der Waals surface area contributed by atoms with E-state index < -0.39 is 0 Å². The van der Waals surface area contributed by atoms with Gasteiger partial charge in [0.05, 0.1) is 0 Å². The van der Waals surface area contributed by atoms with Gasteiger partial charge < -0.3 is 10.4 Å². The molecule has 1 aliphatic heterocycles. The summed E-state index contributed by atoms with van der Waals surface area (Å²) in [5, 5.41) is 12.3. The lowest BCUT2D eigenvalue weighted by Crippen LogP contribution is -2.43. The maximum Gasteiger partial charge on any atom is 0.0446 e. The zero-order valence-electron chi connectivity index (χ0n) is 9.01. The van der Waals surface area contributed by atoms with Crippen molar-refractivity contribution in [1.29, 1.82) is 0 Å². The van der Waals surface area contributed by atoms with Crippen molar-refractivity contribution in [3.63, 3.8) is 0 Å². The Kier molecular flexibility index (Phi) is 3.71. The lowest BCUT2D eigenvalue weighted by atomic mass is 9.99. The van der Waals surface area contributed by atoms with Crippen LogP contribution in [0.3, 0.4) is 0 Å². The molecule has 78 valence electrons. The second-order valence-electron chi connectivity index (χ2n) is 4.61. The molecule has 2 N–H and O–H groups in total. The second kappa shape index (κ2) is 4.40. The fourth-order valence-corrected chi connectivity index (χ4v) is 1.76. The zero-order chi connectivity index (χ0) is 9.90. The highest BCUT2D eigenvalue weighted by Crippen LogP contribution is 2.19. The van der Waals surface area contributed by atoms with E-state index in [1.54, 1.807) is 0 Å². The molecule has 0 aromatic carbocycles. The third-order valence-electron chi connectivity index (χ3n) is 3.17. The van der Waals surface area contributed by atoms with E-state index >= 15 is 0 Å². The molecule has 1 atom stereocenters. The summed E-state index contributed by atoms with van der Waals surface area (Å²) in [6, 6.07) is 0.455. The number of aliphatic hydroxyl groups is 1. The third kappa shape index (κ3) is 2.93. The number of likely N-dealkylation sites (N-methyl/N-ethyl adjacent to an activating group) is 1. The zero-order valence-corrected chi connectivity index (χ0v) is 9.01. The molecule has 1 unspecified atom stereocenters. The maximum absolute atomic E-state index is 8.87. The Labute approximate surface area is 81.1 Å². The van der Waals surface area contributed by atoms with Gasteiger partial charge in [-0.2, -0.15) is 0 Å². The summed E-state index contributed by atoms with van der Waals surface area (Å²) in [5.74, 6) is 0. The summed E-state index contributed by atoms with van der Waals surface area (Å²) in [6.07, 6.45) is 2.03. The number of hydrogen-bond donors (Lipinski definition) is 2. The van der Waals surface area contributed by atoms with Crippen molar-refractivity contribution in [1.82, 2.24) is 10.2 Å². The first kappa shape index (κ1) is 11.0. The van der Waals surface area contributed by atoms with E-state index in [2.05, 4.69) is 31.1 Å². The quantitative estimate of drug-likeness (QED) is 0.657. The summed E-state index contributed by atoms with van der Waals surface area (Å²) >= 11 is 0. The highest BCUT2D eigenvalue weighted by molar-refractivity contribution is 4.87. The van der Waals surface area contributed by atoms with Crippen LogP contribution < -0.4 is 5.32 Å². The van der Waals surface area contributed by atoms with Crippen LogP contribution in [0.4, 0.5) is 0 Å². The maximum atomic E-state index is 8.87. The van der Waals surface area contributed by atoms with Gasteiger partial charge in [0.25, 0.3) is 0 Å². The van der Waals surface area contributed by atoms with Gasteiger partial charge in [0.2, 0.25) is 0 Å². The Bertz CT molecular complexity index is 159. The predicted molar refractivity (Wildman–Crippen MR) is 54.8 cm³/mol. The number of hydrogen-bond acceptors (Lipinski definition) is 3. The van der Waals surface area contributed by atoms with Crippen molar-refractivity contribution >= 4 is 0 Å². The molecule has 0 amide bonds. The predicted octanol–water partition coefficient (Wildman–Crippen LogP) is 0.441. The molecule has 3 heteroatoms. The van der Waals surface area contributed by atoms with Crippen LogP contribution in [0.5, 0.6) is 0 Å². The number of aliphatic hydroxyl groups excluding tert-OH is 1. The van der Waals surface area contributed by atoms with E-state index in [1.807, 2.05) is 0 Å². The number of nitrogens with zero attached hydrogens (tertiary/aromatic N) is 1. The van der Waals surface area contributed by atoms with Gasteiger partial charge in [0.15, 0.2) is 0 Å². The molecule has 0 radical (unpaired) electrons. The van der Waals surface area contributed by atoms with Crippen LogP contribution >= 0.6 is 0 Å². The van der Waals surface area contributed by atoms with Gasteiger partial charge in [-0.15, -0.1) is 0 Å². The van der Waals surface area contributed by atoms with Crippen LogP contribution in [-0.2, 0) is 0 Å². The first-order chi connectivity index (χ1) is 6.06. The topological polar surface area (TPSA) is 35.5 Å². The highest BCUT2D eigenvalue weighted by atomic mass is 16.3. The Morgan fingerprint density at radius 1 is 1.54 bits per heavy atom. The molecule has 0 aromatic rings. The second-order valence-corrected chi connectivity index (χ2v) is 4.61. The van der Waals surface area contributed by atoms with Crippen LogP contribution in [-0.4, -0.2) is 48.3 Å². The minimum atomic E-state index is 0.284. The third-order valence-corrected chi connectivity index (χ3v) is 3.17. The Hall–Kier alpha value is -0.120. The molecule has 13 heavy (non-hydrogen) atoms. The molecular formula is C10H22N2O. The molecular weight excluding hydrogens is 164 g/mol. The van der Waals surface area contributed by atoms with Crippen molar-refractivity contribution < 1.29 is 5.11 Å². The van der Waals surface area contributed by atoms with E-state index in [1.165, 1.54) is 6.42 Å². The molecule has 0 spiro atoms. The van der Waals surface area contributed by atoms with Gasteiger partial charge in [-0.3, -0.25) is 4.90 Å². The van der Waals surface area contributed by atoms with Gasteiger partial charge in [0, 0.05) is 24.7 Å². The standard InChI is InChI=1S/C10H22N2O/c1-10(2)5-6-11-9(4-7-13)8-12(10)3/h9,11,13H,4-8H2,1-3H3. The summed E-state index contributed by atoms with van der Waals surface area (Å²) in [6.45, 7) is 6.92. The van der Waals surface area contributed by atoms with Crippen molar-refractivity contribution in [2.24, 2.45) is 0 Å². The van der Waals surface area contributed by atoms with E-state index in [4.69, 9.17) is 5.11 Å². The Morgan fingerprint density at radius 2 is 2.23 bits per heavy atom. The Morgan fingerprint density at radius 3 is 2.85 bits per heavy atom. The molecule has 3 nitrogen and oxygen atoms in total. The fraction of sp³-hybridized carbons (Fsp3) is 1.00. The average Bonchev–Trinajstić information content (AvgIpc) is 2.13. The molecule has 1 rings (SSSR count). The van der Waals surface area contributed by atoms with Crippen LogP contribution in [0.2, 0.25) is 0 Å². The molecule has 1 heterocycles. The van der Waals surface area contributed by atoms with Crippen molar-refractivity contribution in [3.05, 3.63) is 0 Å². The van der Waals surface area contributed by atoms with E-state index in [-0.39, 0.29) is 12.1 Å². The number of rotatable bonds is 2. The van der Waals surface area contributed by atoms with Crippen molar-refractivity contribution in [3.8, 4) is 0 Å². The molecule has 1 aliphatic rings. The van der Waals surface area contributed by atoms with Gasteiger partial charge in [0.1, 0.15) is 0 Å².